The third-order valence-corrected chi connectivity index (χ3v) is 23.5. The average molecular weight is 1740 g/mol. The Morgan fingerprint density at radius 1 is 0.504 bits per heavy atom. The Hall–Kier alpha value is -12.8. The van der Waals surface area contributed by atoms with Crippen LogP contribution in [0.3, 0.4) is 0 Å². The number of imide groups is 4. The number of piperazine rings is 2. The molecule has 14 rings (SSSR count). The summed E-state index contributed by atoms with van der Waals surface area (Å²) in [6.07, 6.45) is -1.45. The number of halogens is 8. The van der Waals surface area contributed by atoms with Crippen molar-refractivity contribution in [2.45, 2.75) is 153 Å². The Balaban J connectivity index is 0.000000190. The second kappa shape index (κ2) is 38.5. The van der Waals surface area contributed by atoms with Crippen LogP contribution in [0.4, 0.5) is 69.2 Å². The van der Waals surface area contributed by atoms with E-state index in [1.807, 2.05) is 57.7 Å². The number of carbonyl (C=O) groups excluding carboxylic acids is 11. The number of fused-ring (bicyclic) bond motifs is 2. The molecule has 125 heavy (non-hydrogen) atoms. The number of unbranched alkanes of at least 4 members (excludes halogenated alkanes) is 2. The number of hydrogen-bond donors (Lipinski definition) is 10. The summed E-state index contributed by atoms with van der Waals surface area (Å²) in [4.78, 5) is 189. The number of nitrogens with zero attached hydrogens (tertiary/aromatic N) is 7. The Bertz CT molecular complexity index is 5470. The maximum Gasteiger partial charge on any atom is 0.417 e. The van der Waals surface area contributed by atoms with Gasteiger partial charge in [0.15, 0.2) is 0 Å². The average Bonchev–Trinajstić information content (AvgIpc) is 1.69. The number of anilines is 6. The monoisotopic (exact) mass is 1740 g/mol. The van der Waals surface area contributed by atoms with Crippen LogP contribution in [0.15, 0.2) is 107 Å². The van der Waals surface area contributed by atoms with E-state index in [1.54, 1.807) is 35.2 Å². The molecule has 4 aromatic carbocycles. The molecule has 39 heteroatoms. The second-order valence-corrected chi connectivity index (χ2v) is 31.9. The van der Waals surface area contributed by atoms with Gasteiger partial charge in [-0.15, -0.1) is 0 Å². The van der Waals surface area contributed by atoms with E-state index in [2.05, 4.69) is 57.0 Å². The van der Waals surface area contributed by atoms with E-state index < -0.39 is 134 Å². The molecule has 0 aliphatic carbocycles. The zero-order chi connectivity index (χ0) is 90.4. The van der Waals surface area contributed by atoms with Crippen molar-refractivity contribution in [2.75, 3.05) is 111 Å². The van der Waals surface area contributed by atoms with Crippen LogP contribution in [-0.4, -0.2) is 226 Å². The number of pyridine rings is 2. The standard InChI is InChI=1S/C43H46F4N8O7.C25H29F4N5O2.C18H19N3O6/c1-23-21-54(22-24(2)52(23)3)34-19-30(44)27(17-32(34)50-39(59)28-20-49-36(57)18-29(28)43(45,46)47)25-12-15-53(16-13-25)37(58)9-4-5-14-48-31-8-6-7-26-38(31)42(62)55(41(26)61)33-10-11-35(56)51-40(33)60;1-14-12-34(13-15(2)33(14)3)22-10-20(26)17(16-4-6-30-7-5-16)8-21(22)32-24(36)18-11-31-23(35)9-19(18)25(27,28)29;22-13-8-7-12(16(25)20-13)21-17(26)10-4-3-5-11(15(10)18(21)27)19-9-2-1-6-14(23)24/h6-8,12,17-20,23-24,33,48H,4-5,9-11,13-16,21-22H2,1-3H3,(H,49,57)(H,50,59)(H,51,56,60);4,8-11,14-15,30H,5-7,12-13H2,1-3H3,(H,31,35)(H,32,36);3-5,12,19H,1-2,6-9H2,(H,23,24)(H,20,22,25)/t23-,24+,33?;14-,15+;. The number of benzene rings is 4. The van der Waals surface area contributed by atoms with Gasteiger partial charge in [-0.2, -0.15) is 26.3 Å². The molecule has 0 bridgehead atoms. The Morgan fingerprint density at radius 2 is 0.928 bits per heavy atom. The topological polar surface area (TPSA) is 398 Å². The van der Waals surface area contributed by atoms with Crippen LogP contribution < -0.4 is 58.1 Å². The van der Waals surface area contributed by atoms with Gasteiger partial charge in [-0.1, -0.05) is 24.3 Å². The van der Waals surface area contributed by atoms with Crippen LogP contribution in [0.1, 0.15) is 189 Å². The van der Waals surface area contributed by atoms with Crippen LogP contribution in [-0.2, 0) is 41.1 Å². The summed E-state index contributed by atoms with van der Waals surface area (Å²) in [6, 6.07) is 14.0. The molecular weight excluding hydrogens is 1650 g/mol. The fraction of sp³-hybridized carbons (Fsp3) is 0.419. The molecule has 0 spiro atoms. The van der Waals surface area contributed by atoms with Crippen LogP contribution in [0.5, 0.6) is 0 Å². The summed E-state index contributed by atoms with van der Waals surface area (Å²) in [6.45, 7) is 12.5. The molecule has 31 nitrogen and oxygen atoms in total. The van der Waals surface area contributed by atoms with Crippen molar-refractivity contribution in [3.8, 4) is 0 Å². The number of nitrogens with one attached hydrogen (secondary N) is 9. The van der Waals surface area contributed by atoms with Gasteiger partial charge in [-0.25, -0.2) is 8.78 Å². The Kier molecular flexibility index (Phi) is 28.2. The van der Waals surface area contributed by atoms with E-state index in [0.717, 1.165) is 21.6 Å². The number of aromatic amines is 2. The van der Waals surface area contributed by atoms with Gasteiger partial charge in [0.25, 0.3) is 35.4 Å². The maximum absolute atomic E-state index is 16.1. The summed E-state index contributed by atoms with van der Waals surface area (Å²) >= 11 is 0. The summed E-state index contributed by atoms with van der Waals surface area (Å²) in [5.74, 6) is -8.85. The maximum atomic E-state index is 16.1. The number of amides is 11. The lowest BCUT2D eigenvalue weighted by Crippen LogP contribution is -2.55. The van der Waals surface area contributed by atoms with Gasteiger partial charge in [0.2, 0.25) is 40.7 Å². The Labute approximate surface area is 710 Å². The first kappa shape index (κ1) is 91.4. The highest BCUT2D eigenvalue weighted by molar-refractivity contribution is 6.27. The van der Waals surface area contributed by atoms with Gasteiger partial charge in [-0.05, 0) is 159 Å². The molecule has 11 amide bonds. The molecule has 664 valence electrons. The van der Waals surface area contributed by atoms with E-state index in [9.17, 15) is 93.5 Å². The highest BCUT2D eigenvalue weighted by Crippen LogP contribution is 2.42. The number of carbonyl (C=O) groups is 12. The largest absolute Gasteiger partial charge is 0.481 e. The van der Waals surface area contributed by atoms with Crippen molar-refractivity contribution in [1.29, 1.82) is 0 Å². The molecule has 6 aromatic rings. The second-order valence-electron chi connectivity index (χ2n) is 31.9. The molecular formula is C86H94F8N16O15. The van der Waals surface area contributed by atoms with Crippen LogP contribution in [0.2, 0.25) is 0 Å². The van der Waals surface area contributed by atoms with Gasteiger partial charge < -0.3 is 56.4 Å². The van der Waals surface area contributed by atoms with E-state index in [4.69, 9.17) is 5.11 Å². The van der Waals surface area contributed by atoms with Crippen molar-refractivity contribution < 1.29 is 97.8 Å². The smallest absolute Gasteiger partial charge is 0.417 e. The normalized spacial score (nSPS) is 20.6. The van der Waals surface area contributed by atoms with Crippen LogP contribution in [0, 0.1) is 11.6 Å². The van der Waals surface area contributed by atoms with E-state index in [1.165, 1.54) is 36.4 Å². The molecule has 4 fully saturated rings. The lowest BCUT2D eigenvalue weighted by atomic mass is 9.96. The molecule has 0 saturated carbocycles. The molecule has 6 atom stereocenters. The zero-order valence-corrected chi connectivity index (χ0v) is 69.1. The Morgan fingerprint density at radius 3 is 1.31 bits per heavy atom. The predicted molar refractivity (Wildman–Crippen MR) is 444 cm³/mol. The van der Waals surface area contributed by atoms with E-state index in [0.29, 0.717) is 131 Å². The fourth-order valence-corrected chi connectivity index (χ4v) is 16.4. The minimum Gasteiger partial charge on any atom is -0.481 e. The van der Waals surface area contributed by atoms with Crippen molar-refractivity contribution in [3.63, 3.8) is 0 Å². The van der Waals surface area contributed by atoms with Gasteiger partial charge in [0.05, 0.1) is 67.3 Å². The molecule has 8 aliphatic rings. The highest BCUT2D eigenvalue weighted by Gasteiger charge is 2.48. The molecule has 4 saturated heterocycles. The lowest BCUT2D eigenvalue weighted by molar-refractivity contribution is -0.138. The summed E-state index contributed by atoms with van der Waals surface area (Å²) in [5, 5.41) is 27.5. The van der Waals surface area contributed by atoms with Gasteiger partial charge >= 0.3 is 18.3 Å². The number of likely N-dealkylation sites (N-methyl/N-ethyl adjacent to an activating group) is 2. The van der Waals surface area contributed by atoms with Gasteiger partial charge in [0.1, 0.15) is 23.7 Å². The number of carboxylic acid groups (broad SMARTS) is 1. The van der Waals surface area contributed by atoms with Gasteiger partial charge in [0, 0.05) is 156 Å². The molecule has 10 N–H and O–H groups in total. The number of aromatic nitrogens is 2. The highest BCUT2D eigenvalue weighted by atomic mass is 19.4. The number of rotatable bonds is 22. The number of carboxylic acids is 1. The third-order valence-electron chi connectivity index (χ3n) is 23.5. The molecule has 2 aromatic heterocycles. The first-order valence-corrected chi connectivity index (χ1v) is 40.9. The molecule has 8 aliphatic heterocycles. The van der Waals surface area contributed by atoms with Crippen molar-refractivity contribution in [2.24, 2.45) is 0 Å². The van der Waals surface area contributed by atoms with Crippen LogP contribution >= 0.6 is 0 Å². The number of piperidine rings is 2. The van der Waals surface area contributed by atoms with Crippen molar-refractivity contribution in [1.82, 2.24) is 50.4 Å². The number of H-pyrrole nitrogens is 2. The summed E-state index contributed by atoms with van der Waals surface area (Å²) in [7, 11) is 3.96. The van der Waals surface area contributed by atoms with E-state index in [-0.39, 0.29) is 133 Å². The quantitative estimate of drug-likeness (QED) is 0.0172. The molecule has 2 unspecified atom stereocenters. The minimum absolute atomic E-state index is 0.00846. The number of hydrogen-bond acceptors (Lipinski definition) is 21. The SMILES string of the molecule is C[C@@H]1CN(c2cc(F)c(C3=CCN(C(=O)CCCCNc4cccc5c4C(=O)N(C4CCC(=O)NC4=O)C5=O)CC3)cc2NC(=O)c2c[nH]c(=O)cc2C(F)(F)F)C[C@H](C)N1C.C[C@@H]1CN(c2cc(F)c(C3=CCNCC3)cc2NC(=O)c2c[nH]c(=O)cc2C(F)(F)F)C[C@H](C)N1C.O=C(O)CCCCNc1cccc2c1C(=O)N(C1CCC(=O)NC1=O)C2=O. The molecule has 10 heterocycles. The summed E-state index contributed by atoms with van der Waals surface area (Å²) in [5.41, 5.74) is -1.98. The predicted octanol–water partition coefficient (Wildman–Crippen LogP) is 9.06. The van der Waals surface area contributed by atoms with Gasteiger partial charge in [-0.3, -0.25) is 97.4 Å². The first-order chi connectivity index (χ1) is 59.3. The lowest BCUT2D eigenvalue weighted by Gasteiger charge is -2.44. The van der Waals surface area contributed by atoms with Crippen LogP contribution in [0.25, 0.3) is 11.1 Å². The van der Waals surface area contributed by atoms with Crippen molar-refractivity contribution in [3.05, 3.63) is 185 Å². The van der Waals surface area contributed by atoms with E-state index >= 15 is 8.78 Å². The third kappa shape index (κ3) is 20.7. The minimum atomic E-state index is -5.00. The zero-order valence-electron chi connectivity index (χ0n) is 69.1. The first-order valence-electron chi connectivity index (χ1n) is 40.9. The fourth-order valence-electron chi connectivity index (χ4n) is 16.4. The number of alkyl halides is 6. The number of aliphatic carboxylic acids is 1. The summed E-state index contributed by atoms with van der Waals surface area (Å²) < 4.78 is 114. The van der Waals surface area contributed by atoms with Crippen molar-refractivity contribution >= 4 is 116 Å². The molecule has 0 radical (unpaired) electrons.